The maximum atomic E-state index is 11.7. The molecule has 2 aromatic carbocycles. The zero-order valence-electron chi connectivity index (χ0n) is 12.2. The minimum atomic E-state index is -0.325. The molecule has 1 atom stereocenters. The van der Waals surface area contributed by atoms with E-state index in [4.69, 9.17) is 10.2 Å². The van der Waals surface area contributed by atoms with E-state index in [0.29, 0.717) is 12.1 Å². The van der Waals surface area contributed by atoms with Crippen LogP contribution in [0, 0.1) is 6.92 Å². The summed E-state index contributed by atoms with van der Waals surface area (Å²) in [6.45, 7) is 4.56. The number of aromatic nitrogens is 1. The van der Waals surface area contributed by atoms with Crippen LogP contribution < -0.4 is 11.5 Å². The number of rotatable bonds is 3. The van der Waals surface area contributed by atoms with Gasteiger partial charge < -0.3 is 10.2 Å². The molecule has 3 rings (SSSR count). The van der Waals surface area contributed by atoms with Gasteiger partial charge in [-0.1, -0.05) is 30.3 Å². The molecule has 0 aliphatic heterocycles. The lowest BCUT2D eigenvalue weighted by molar-refractivity contribution is 0.513. The van der Waals surface area contributed by atoms with Gasteiger partial charge in [0.1, 0.15) is 0 Å². The molecule has 0 saturated carbocycles. The predicted molar refractivity (Wildman–Crippen MR) is 83.4 cm³/mol. The molecule has 1 aromatic heterocycles. The van der Waals surface area contributed by atoms with Crippen molar-refractivity contribution in [3.8, 4) is 0 Å². The van der Waals surface area contributed by atoms with E-state index in [1.807, 2.05) is 56.3 Å². The molecule has 4 heteroatoms. The number of oxazole rings is 1. The van der Waals surface area contributed by atoms with Crippen molar-refractivity contribution in [1.29, 1.82) is 0 Å². The number of aryl methyl sites for hydroxylation is 2. The Hall–Kier alpha value is -2.33. The van der Waals surface area contributed by atoms with E-state index in [2.05, 4.69) is 0 Å². The third kappa shape index (κ3) is 2.28. The second-order valence-corrected chi connectivity index (χ2v) is 5.17. The lowest BCUT2D eigenvalue weighted by Crippen LogP contribution is -2.13. The van der Waals surface area contributed by atoms with Gasteiger partial charge in [0, 0.05) is 6.54 Å². The van der Waals surface area contributed by atoms with Gasteiger partial charge in [0.15, 0.2) is 5.58 Å². The van der Waals surface area contributed by atoms with E-state index in [1.54, 1.807) is 4.57 Å². The van der Waals surface area contributed by atoms with Gasteiger partial charge in [0.2, 0.25) is 0 Å². The molecule has 0 radical (unpaired) electrons. The van der Waals surface area contributed by atoms with Crippen molar-refractivity contribution in [1.82, 2.24) is 4.57 Å². The summed E-state index contributed by atoms with van der Waals surface area (Å²) in [6.07, 6.45) is 0. The SMILES string of the molecule is CCn1c(=O)oc2cc(C(N)c3ccccc3C)ccc21. The average Bonchev–Trinajstić information content (AvgIpc) is 2.81. The third-order valence-corrected chi connectivity index (χ3v) is 3.89. The molecule has 4 nitrogen and oxygen atoms in total. The van der Waals surface area contributed by atoms with Crippen molar-refractivity contribution in [2.75, 3.05) is 0 Å². The Morgan fingerprint density at radius 1 is 1.24 bits per heavy atom. The molecular weight excluding hydrogens is 264 g/mol. The molecule has 0 aliphatic rings. The minimum Gasteiger partial charge on any atom is -0.408 e. The van der Waals surface area contributed by atoms with Gasteiger partial charge >= 0.3 is 5.76 Å². The van der Waals surface area contributed by atoms with Gasteiger partial charge in [-0.3, -0.25) is 4.57 Å². The second kappa shape index (κ2) is 5.22. The van der Waals surface area contributed by atoms with Crippen molar-refractivity contribution in [2.24, 2.45) is 5.73 Å². The molecule has 0 bridgehead atoms. The number of fused-ring (bicyclic) bond motifs is 1. The monoisotopic (exact) mass is 282 g/mol. The minimum absolute atomic E-state index is 0.231. The molecule has 0 aliphatic carbocycles. The topological polar surface area (TPSA) is 61.2 Å². The zero-order valence-corrected chi connectivity index (χ0v) is 12.2. The Morgan fingerprint density at radius 3 is 2.71 bits per heavy atom. The van der Waals surface area contributed by atoms with Gasteiger partial charge in [-0.05, 0) is 42.7 Å². The van der Waals surface area contributed by atoms with E-state index >= 15 is 0 Å². The highest BCUT2D eigenvalue weighted by atomic mass is 16.4. The molecule has 108 valence electrons. The first-order valence-corrected chi connectivity index (χ1v) is 7.06. The highest BCUT2D eigenvalue weighted by Gasteiger charge is 2.14. The van der Waals surface area contributed by atoms with E-state index in [0.717, 1.165) is 22.2 Å². The summed E-state index contributed by atoms with van der Waals surface area (Å²) in [6, 6.07) is 13.5. The predicted octanol–water partition coefficient (Wildman–Crippen LogP) is 2.97. The molecule has 1 heterocycles. The summed E-state index contributed by atoms with van der Waals surface area (Å²) in [4.78, 5) is 11.7. The standard InChI is InChI=1S/C17H18N2O2/c1-3-19-14-9-8-12(10-15(14)21-17(19)20)16(18)13-7-5-4-6-11(13)2/h4-10,16H,3,18H2,1-2H3. The summed E-state index contributed by atoms with van der Waals surface area (Å²) in [7, 11) is 0. The molecule has 21 heavy (non-hydrogen) atoms. The van der Waals surface area contributed by atoms with Crippen LogP contribution in [0.1, 0.15) is 29.7 Å². The highest BCUT2D eigenvalue weighted by Crippen LogP contribution is 2.25. The molecule has 3 aromatic rings. The van der Waals surface area contributed by atoms with Crippen LogP contribution in [0.25, 0.3) is 11.1 Å². The molecule has 0 saturated heterocycles. The second-order valence-electron chi connectivity index (χ2n) is 5.17. The molecular formula is C17H18N2O2. The molecule has 0 fully saturated rings. The highest BCUT2D eigenvalue weighted by molar-refractivity contribution is 5.74. The average molecular weight is 282 g/mol. The fourth-order valence-electron chi connectivity index (χ4n) is 2.69. The van der Waals surface area contributed by atoms with Gasteiger partial charge in [0.05, 0.1) is 11.6 Å². The number of benzene rings is 2. The van der Waals surface area contributed by atoms with Gasteiger partial charge in [-0.2, -0.15) is 0 Å². The number of nitrogens with two attached hydrogens (primary N) is 1. The summed E-state index contributed by atoms with van der Waals surface area (Å²) in [5.41, 5.74) is 10.9. The van der Waals surface area contributed by atoms with Crippen LogP contribution in [-0.2, 0) is 6.54 Å². The van der Waals surface area contributed by atoms with E-state index in [9.17, 15) is 4.79 Å². The van der Waals surface area contributed by atoms with Gasteiger partial charge in [-0.15, -0.1) is 0 Å². The lowest BCUT2D eigenvalue weighted by Gasteiger charge is -2.15. The van der Waals surface area contributed by atoms with Crippen LogP contribution in [0.5, 0.6) is 0 Å². The largest absolute Gasteiger partial charge is 0.419 e. The van der Waals surface area contributed by atoms with Crippen LogP contribution in [0.15, 0.2) is 51.7 Å². The smallest absolute Gasteiger partial charge is 0.408 e. The summed E-state index contributed by atoms with van der Waals surface area (Å²) < 4.78 is 6.91. The normalized spacial score (nSPS) is 12.7. The van der Waals surface area contributed by atoms with E-state index in [1.165, 1.54) is 0 Å². The Labute approximate surface area is 122 Å². The Morgan fingerprint density at radius 2 is 2.00 bits per heavy atom. The summed E-state index contributed by atoms with van der Waals surface area (Å²) >= 11 is 0. The molecule has 0 spiro atoms. The first-order valence-electron chi connectivity index (χ1n) is 7.06. The maximum absolute atomic E-state index is 11.7. The van der Waals surface area contributed by atoms with Crippen LogP contribution in [0.4, 0.5) is 0 Å². The maximum Gasteiger partial charge on any atom is 0.419 e. The third-order valence-electron chi connectivity index (χ3n) is 3.89. The molecule has 2 N–H and O–H groups in total. The first-order chi connectivity index (χ1) is 10.1. The van der Waals surface area contributed by atoms with Crippen LogP contribution in [-0.4, -0.2) is 4.57 Å². The molecule has 1 unspecified atom stereocenters. The number of hydrogen-bond donors (Lipinski definition) is 1. The fourth-order valence-corrected chi connectivity index (χ4v) is 2.69. The molecule has 0 amide bonds. The number of hydrogen-bond acceptors (Lipinski definition) is 3. The first kappa shape index (κ1) is 13.6. The van der Waals surface area contributed by atoms with Gasteiger partial charge in [0.25, 0.3) is 0 Å². The van der Waals surface area contributed by atoms with E-state index < -0.39 is 0 Å². The van der Waals surface area contributed by atoms with Crippen molar-refractivity contribution in [3.05, 3.63) is 69.7 Å². The van der Waals surface area contributed by atoms with Crippen molar-refractivity contribution < 1.29 is 4.42 Å². The quantitative estimate of drug-likeness (QED) is 0.803. The van der Waals surface area contributed by atoms with Crippen molar-refractivity contribution in [2.45, 2.75) is 26.4 Å². The van der Waals surface area contributed by atoms with Crippen LogP contribution >= 0.6 is 0 Å². The Kier molecular flexibility index (Phi) is 3.39. The van der Waals surface area contributed by atoms with E-state index in [-0.39, 0.29) is 11.8 Å². The lowest BCUT2D eigenvalue weighted by atomic mass is 9.96. The van der Waals surface area contributed by atoms with Crippen molar-refractivity contribution >= 4 is 11.1 Å². The summed E-state index contributed by atoms with van der Waals surface area (Å²) in [5, 5.41) is 0. The van der Waals surface area contributed by atoms with Gasteiger partial charge in [-0.25, -0.2) is 4.79 Å². The van der Waals surface area contributed by atoms with Crippen LogP contribution in [0.3, 0.4) is 0 Å². The number of nitrogens with zero attached hydrogens (tertiary/aromatic N) is 1. The zero-order chi connectivity index (χ0) is 15.0. The van der Waals surface area contributed by atoms with Crippen molar-refractivity contribution in [3.63, 3.8) is 0 Å². The Balaban J connectivity index is 2.09. The van der Waals surface area contributed by atoms with Crippen LogP contribution in [0.2, 0.25) is 0 Å². The summed E-state index contributed by atoms with van der Waals surface area (Å²) in [5.74, 6) is -0.325. The Bertz CT molecular complexity index is 845. The fraction of sp³-hybridized carbons (Fsp3) is 0.235.